The Kier molecular flexibility index (Phi) is 3.59. The van der Waals surface area contributed by atoms with Crippen LogP contribution in [0.4, 0.5) is 5.69 Å². The number of aryl methyl sites for hydroxylation is 2. The van der Waals surface area contributed by atoms with Crippen molar-refractivity contribution in [3.05, 3.63) is 11.4 Å². The third-order valence-corrected chi connectivity index (χ3v) is 3.62. The van der Waals surface area contributed by atoms with Crippen LogP contribution in [0.5, 0.6) is 0 Å². The van der Waals surface area contributed by atoms with Gasteiger partial charge in [0, 0.05) is 19.6 Å². The number of nitrogens with zero attached hydrogens (tertiary/aromatic N) is 3. The van der Waals surface area contributed by atoms with Gasteiger partial charge in [0.2, 0.25) is 0 Å². The van der Waals surface area contributed by atoms with E-state index in [1.807, 2.05) is 18.7 Å². The minimum atomic E-state index is 0.0292. The lowest BCUT2D eigenvalue weighted by atomic mass is 10.00. The predicted octanol–water partition coefficient (Wildman–Crippen LogP) is 1.67. The van der Waals surface area contributed by atoms with Crippen molar-refractivity contribution in [2.24, 2.45) is 5.92 Å². The van der Waals surface area contributed by atoms with Gasteiger partial charge in [-0.05, 0) is 32.6 Å². The third-order valence-electron chi connectivity index (χ3n) is 3.62. The summed E-state index contributed by atoms with van der Waals surface area (Å²) < 4.78 is 1.71. The van der Waals surface area contributed by atoms with Gasteiger partial charge in [-0.25, -0.2) is 0 Å². The van der Waals surface area contributed by atoms with Crippen LogP contribution in [0.1, 0.15) is 42.9 Å². The molecule has 1 atom stereocenters. The Morgan fingerprint density at radius 3 is 2.89 bits per heavy atom. The first-order chi connectivity index (χ1) is 8.54. The molecule has 0 radical (unpaired) electrons. The molecular weight excluding hydrogens is 228 g/mol. The summed E-state index contributed by atoms with van der Waals surface area (Å²) in [5.74, 6) is 0.601. The predicted molar refractivity (Wildman–Crippen MR) is 71.4 cm³/mol. The number of amides is 1. The minimum Gasteiger partial charge on any atom is -0.395 e. The number of rotatable bonds is 2. The molecule has 0 aliphatic carbocycles. The number of hydrogen-bond donors (Lipinski definition) is 1. The fourth-order valence-electron chi connectivity index (χ4n) is 2.57. The maximum atomic E-state index is 12.5. The molecule has 1 unspecified atom stereocenters. The standard InChI is InChI=1S/C13H22N4O/c1-4-17-12(11(14)10(3)15-17)13(18)16-7-5-6-9(2)8-16/h9H,4-8,14H2,1-3H3. The fourth-order valence-corrected chi connectivity index (χ4v) is 2.57. The number of nitrogens with two attached hydrogens (primary N) is 1. The Morgan fingerprint density at radius 1 is 1.56 bits per heavy atom. The van der Waals surface area contributed by atoms with E-state index in [-0.39, 0.29) is 5.91 Å². The van der Waals surface area contributed by atoms with E-state index in [4.69, 9.17) is 5.73 Å². The number of carbonyl (C=O) groups excluding carboxylic acids is 1. The summed E-state index contributed by atoms with van der Waals surface area (Å²) in [4.78, 5) is 14.5. The first-order valence-electron chi connectivity index (χ1n) is 6.66. The summed E-state index contributed by atoms with van der Waals surface area (Å²) in [6.07, 6.45) is 2.28. The molecule has 2 heterocycles. The lowest BCUT2D eigenvalue weighted by molar-refractivity contribution is 0.0671. The summed E-state index contributed by atoms with van der Waals surface area (Å²) in [5, 5.41) is 4.31. The normalized spacial score (nSPS) is 20.2. The highest BCUT2D eigenvalue weighted by Crippen LogP contribution is 2.22. The van der Waals surface area contributed by atoms with Crippen molar-refractivity contribution < 1.29 is 4.79 Å². The number of aromatic nitrogens is 2. The molecule has 0 spiro atoms. The van der Waals surface area contributed by atoms with Crippen LogP contribution in [0.3, 0.4) is 0 Å². The molecule has 1 aliphatic rings. The zero-order chi connectivity index (χ0) is 13.3. The zero-order valence-electron chi connectivity index (χ0n) is 11.4. The molecule has 1 aromatic rings. The van der Waals surface area contributed by atoms with Gasteiger partial charge in [0.1, 0.15) is 5.69 Å². The first-order valence-corrected chi connectivity index (χ1v) is 6.66. The largest absolute Gasteiger partial charge is 0.395 e. The van der Waals surface area contributed by atoms with Crippen LogP contribution in [0.25, 0.3) is 0 Å². The summed E-state index contributed by atoms with van der Waals surface area (Å²) in [6, 6.07) is 0. The number of nitrogen functional groups attached to an aromatic ring is 1. The molecule has 0 bridgehead atoms. The number of piperidine rings is 1. The van der Waals surface area contributed by atoms with Gasteiger partial charge < -0.3 is 10.6 Å². The lowest BCUT2D eigenvalue weighted by Crippen LogP contribution is -2.40. The molecule has 5 heteroatoms. The van der Waals surface area contributed by atoms with E-state index >= 15 is 0 Å². The second-order valence-corrected chi connectivity index (χ2v) is 5.16. The first kappa shape index (κ1) is 12.9. The number of carbonyl (C=O) groups is 1. The summed E-state index contributed by atoms with van der Waals surface area (Å²) >= 11 is 0. The highest BCUT2D eigenvalue weighted by Gasteiger charge is 2.27. The molecule has 1 fully saturated rings. The van der Waals surface area contributed by atoms with Crippen LogP contribution in [0.15, 0.2) is 0 Å². The highest BCUT2D eigenvalue weighted by atomic mass is 16.2. The Balaban J connectivity index is 2.27. The van der Waals surface area contributed by atoms with Crippen LogP contribution in [0.2, 0.25) is 0 Å². The average molecular weight is 250 g/mol. The highest BCUT2D eigenvalue weighted by molar-refractivity contribution is 5.98. The van der Waals surface area contributed by atoms with E-state index in [2.05, 4.69) is 12.0 Å². The van der Waals surface area contributed by atoms with Crippen molar-refractivity contribution in [3.8, 4) is 0 Å². The molecule has 0 saturated carbocycles. The van der Waals surface area contributed by atoms with E-state index in [1.54, 1.807) is 4.68 Å². The maximum Gasteiger partial charge on any atom is 0.274 e. The minimum absolute atomic E-state index is 0.0292. The Morgan fingerprint density at radius 2 is 2.28 bits per heavy atom. The van der Waals surface area contributed by atoms with E-state index in [0.717, 1.165) is 25.2 Å². The number of anilines is 1. The molecular formula is C13H22N4O. The maximum absolute atomic E-state index is 12.5. The van der Waals surface area contributed by atoms with Gasteiger partial charge in [0.25, 0.3) is 5.91 Å². The van der Waals surface area contributed by atoms with Crippen molar-refractivity contribution in [3.63, 3.8) is 0 Å². The summed E-state index contributed by atoms with van der Waals surface area (Å²) in [6.45, 7) is 8.33. The molecule has 1 aliphatic heterocycles. The van der Waals surface area contributed by atoms with Crippen LogP contribution < -0.4 is 5.73 Å². The van der Waals surface area contributed by atoms with Gasteiger partial charge in [-0.3, -0.25) is 9.48 Å². The average Bonchev–Trinajstić information content (AvgIpc) is 2.64. The van der Waals surface area contributed by atoms with Gasteiger partial charge in [0.05, 0.1) is 11.4 Å². The zero-order valence-corrected chi connectivity index (χ0v) is 11.4. The molecule has 0 aromatic carbocycles. The quantitative estimate of drug-likeness (QED) is 0.868. The molecule has 2 rings (SSSR count). The third kappa shape index (κ3) is 2.21. The Labute approximate surface area is 108 Å². The van der Waals surface area contributed by atoms with Gasteiger partial charge in [0.15, 0.2) is 0 Å². The number of hydrogen-bond acceptors (Lipinski definition) is 3. The van der Waals surface area contributed by atoms with Crippen LogP contribution >= 0.6 is 0 Å². The van der Waals surface area contributed by atoms with E-state index < -0.39 is 0 Å². The Hall–Kier alpha value is -1.52. The SMILES string of the molecule is CCn1nc(C)c(N)c1C(=O)N1CCCC(C)C1. The van der Waals surface area contributed by atoms with Crippen molar-refractivity contribution >= 4 is 11.6 Å². The van der Waals surface area contributed by atoms with Gasteiger partial charge in [-0.15, -0.1) is 0 Å². The lowest BCUT2D eigenvalue weighted by Gasteiger charge is -2.31. The van der Waals surface area contributed by atoms with E-state index in [1.165, 1.54) is 6.42 Å². The van der Waals surface area contributed by atoms with Crippen LogP contribution in [-0.2, 0) is 6.54 Å². The summed E-state index contributed by atoms with van der Waals surface area (Å²) in [7, 11) is 0. The van der Waals surface area contributed by atoms with Crippen molar-refractivity contribution in [1.29, 1.82) is 0 Å². The van der Waals surface area contributed by atoms with Crippen molar-refractivity contribution in [2.45, 2.75) is 40.2 Å². The molecule has 1 aromatic heterocycles. The molecule has 18 heavy (non-hydrogen) atoms. The monoisotopic (exact) mass is 250 g/mol. The number of likely N-dealkylation sites (tertiary alicyclic amines) is 1. The molecule has 100 valence electrons. The Bertz CT molecular complexity index is 452. The molecule has 1 amide bonds. The van der Waals surface area contributed by atoms with E-state index in [9.17, 15) is 4.79 Å². The molecule has 1 saturated heterocycles. The van der Waals surface area contributed by atoms with Crippen LogP contribution in [-0.4, -0.2) is 33.7 Å². The topological polar surface area (TPSA) is 64.2 Å². The van der Waals surface area contributed by atoms with Crippen molar-refractivity contribution in [1.82, 2.24) is 14.7 Å². The second-order valence-electron chi connectivity index (χ2n) is 5.16. The fraction of sp³-hybridized carbons (Fsp3) is 0.692. The summed E-state index contributed by atoms with van der Waals surface area (Å²) in [5.41, 5.74) is 7.82. The molecule has 2 N–H and O–H groups in total. The van der Waals surface area contributed by atoms with Gasteiger partial charge >= 0.3 is 0 Å². The van der Waals surface area contributed by atoms with Crippen molar-refractivity contribution in [2.75, 3.05) is 18.8 Å². The van der Waals surface area contributed by atoms with Crippen LogP contribution in [0, 0.1) is 12.8 Å². The molecule has 5 nitrogen and oxygen atoms in total. The smallest absolute Gasteiger partial charge is 0.274 e. The van der Waals surface area contributed by atoms with Gasteiger partial charge in [-0.2, -0.15) is 5.10 Å². The second kappa shape index (κ2) is 5.00. The van der Waals surface area contributed by atoms with Gasteiger partial charge in [-0.1, -0.05) is 6.92 Å². The van der Waals surface area contributed by atoms with E-state index in [0.29, 0.717) is 23.8 Å².